The first-order chi connectivity index (χ1) is 8.06. The molecule has 1 aromatic rings. The number of hydrogen-bond donors (Lipinski definition) is 3. The van der Waals surface area contributed by atoms with Gasteiger partial charge in [-0.1, -0.05) is 37.2 Å². The summed E-state index contributed by atoms with van der Waals surface area (Å²) < 4.78 is 0. The van der Waals surface area contributed by atoms with Gasteiger partial charge in [0.05, 0.1) is 6.04 Å². The SMILES string of the molecule is CC(C)C(NC(=O)c1ccccc1)C(N)=NO. The number of nitrogens with two attached hydrogens (primary N) is 1. The highest BCUT2D eigenvalue weighted by molar-refractivity contribution is 5.98. The van der Waals surface area contributed by atoms with Crippen molar-refractivity contribution in [2.24, 2.45) is 16.8 Å². The third-order valence-electron chi connectivity index (χ3n) is 2.42. The fourth-order valence-corrected chi connectivity index (χ4v) is 1.46. The number of nitrogens with zero attached hydrogens (tertiary/aromatic N) is 1. The molecule has 0 fully saturated rings. The predicted octanol–water partition coefficient (Wildman–Crippen LogP) is 1.19. The lowest BCUT2D eigenvalue weighted by Gasteiger charge is -2.20. The number of carbonyl (C=O) groups excluding carboxylic acids is 1. The minimum Gasteiger partial charge on any atom is -0.409 e. The zero-order chi connectivity index (χ0) is 12.8. The number of carbonyl (C=O) groups is 1. The van der Waals surface area contributed by atoms with E-state index < -0.39 is 6.04 Å². The molecule has 0 saturated heterocycles. The number of nitrogens with one attached hydrogen (secondary N) is 1. The summed E-state index contributed by atoms with van der Waals surface area (Å²) in [5.41, 5.74) is 6.08. The van der Waals surface area contributed by atoms with E-state index in [0.717, 1.165) is 0 Å². The third-order valence-corrected chi connectivity index (χ3v) is 2.42. The molecule has 1 aromatic carbocycles. The van der Waals surface area contributed by atoms with Crippen LogP contribution in [-0.4, -0.2) is 23.0 Å². The first-order valence-electron chi connectivity index (χ1n) is 5.39. The van der Waals surface area contributed by atoms with Crippen LogP contribution < -0.4 is 11.1 Å². The quantitative estimate of drug-likeness (QED) is 0.317. The molecule has 0 bridgehead atoms. The Kier molecular flexibility index (Phi) is 4.51. The molecule has 0 aliphatic rings. The molecule has 0 aliphatic heterocycles. The van der Waals surface area contributed by atoms with Crippen molar-refractivity contribution >= 4 is 11.7 Å². The molecular formula is C12H17N3O2. The van der Waals surface area contributed by atoms with Crippen LogP contribution in [0.3, 0.4) is 0 Å². The number of amides is 1. The van der Waals surface area contributed by atoms with Crippen molar-refractivity contribution in [2.75, 3.05) is 0 Å². The molecule has 4 N–H and O–H groups in total. The fraction of sp³-hybridized carbons (Fsp3) is 0.333. The Morgan fingerprint density at radius 2 is 1.94 bits per heavy atom. The summed E-state index contributed by atoms with van der Waals surface area (Å²) in [5.74, 6) is -0.196. The zero-order valence-electron chi connectivity index (χ0n) is 9.92. The third kappa shape index (κ3) is 3.48. The first kappa shape index (κ1) is 13.0. The van der Waals surface area contributed by atoms with E-state index in [2.05, 4.69) is 10.5 Å². The summed E-state index contributed by atoms with van der Waals surface area (Å²) >= 11 is 0. The number of amidine groups is 1. The summed E-state index contributed by atoms with van der Waals surface area (Å²) in [4.78, 5) is 11.9. The Hall–Kier alpha value is -2.04. The van der Waals surface area contributed by atoms with Gasteiger partial charge in [-0.25, -0.2) is 0 Å². The molecule has 1 atom stereocenters. The molecule has 17 heavy (non-hydrogen) atoms. The number of hydrogen-bond acceptors (Lipinski definition) is 3. The van der Waals surface area contributed by atoms with Crippen molar-refractivity contribution in [1.82, 2.24) is 5.32 Å². The van der Waals surface area contributed by atoms with Gasteiger partial charge in [-0.3, -0.25) is 4.79 Å². The van der Waals surface area contributed by atoms with Gasteiger partial charge in [-0.2, -0.15) is 0 Å². The van der Waals surface area contributed by atoms with Crippen LogP contribution in [0.15, 0.2) is 35.5 Å². The van der Waals surface area contributed by atoms with Gasteiger partial charge in [0.25, 0.3) is 5.91 Å². The molecule has 5 heteroatoms. The maximum absolute atomic E-state index is 11.9. The summed E-state index contributed by atoms with van der Waals surface area (Å²) in [6.07, 6.45) is 0. The molecule has 0 saturated carbocycles. The van der Waals surface area contributed by atoms with Crippen molar-refractivity contribution in [2.45, 2.75) is 19.9 Å². The zero-order valence-corrected chi connectivity index (χ0v) is 9.92. The largest absolute Gasteiger partial charge is 0.409 e. The van der Waals surface area contributed by atoms with E-state index in [-0.39, 0.29) is 17.7 Å². The van der Waals surface area contributed by atoms with Gasteiger partial charge < -0.3 is 16.3 Å². The standard InChI is InChI=1S/C12H17N3O2/c1-8(2)10(11(13)15-17)14-12(16)9-6-4-3-5-7-9/h3-8,10,17H,1-2H3,(H2,13,15)(H,14,16). The molecule has 0 aliphatic carbocycles. The highest BCUT2D eigenvalue weighted by atomic mass is 16.4. The lowest BCUT2D eigenvalue weighted by atomic mass is 10.0. The van der Waals surface area contributed by atoms with Gasteiger partial charge in [0.1, 0.15) is 0 Å². The van der Waals surface area contributed by atoms with Crippen LogP contribution in [0, 0.1) is 5.92 Å². The van der Waals surface area contributed by atoms with Crippen molar-refractivity contribution in [3.63, 3.8) is 0 Å². The summed E-state index contributed by atoms with van der Waals surface area (Å²) in [5, 5.41) is 14.3. The number of benzene rings is 1. The topological polar surface area (TPSA) is 87.7 Å². The molecule has 1 amide bonds. The van der Waals surface area contributed by atoms with E-state index in [1.165, 1.54) is 0 Å². The average molecular weight is 235 g/mol. The highest BCUT2D eigenvalue weighted by Gasteiger charge is 2.21. The minimum absolute atomic E-state index is 0.00396. The van der Waals surface area contributed by atoms with Gasteiger partial charge in [0.15, 0.2) is 5.84 Å². The van der Waals surface area contributed by atoms with Crippen LogP contribution in [0.2, 0.25) is 0 Å². The number of oxime groups is 1. The van der Waals surface area contributed by atoms with Crippen LogP contribution in [0.5, 0.6) is 0 Å². The molecule has 5 nitrogen and oxygen atoms in total. The Bertz CT molecular complexity index is 401. The summed E-state index contributed by atoms with van der Waals surface area (Å²) in [6, 6.07) is 8.33. The second kappa shape index (κ2) is 5.89. The van der Waals surface area contributed by atoms with Crippen molar-refractivity contribution in [1.29, 1.82) is 0 Å². The molecule has 0 spiro atoms. The van der Waals surface area contributed by atoms with E-state index in [9.17, 15) is 4.79 Å². The molecular weight excluding hydrogens is 218 g/mol. The van der Waals surface area contributed by atoms with Gasteiger partial charge >= 0.3 is 0 Å². The van der Waals surface area contributed by atoms with Crippen LogP contribution in [0.1, 0.15) is 24.2 Å². The second-order valence-corrected chi connectivity index (χ2v) is 4.09. The highest BCUT2D eigenvalue weighted by Crippen LogP contribution is 2.05. The van der Waals surface area contributed by atoms with Crippen LogP contribution in [0.4, 0.5) is 0 Å². The van der Waals surface area contributed by atoms with Gasteiger partial charge in [0, 0.05) is 5.56 Å². The molecule has 1 rings (SSSR count). The van der Waals surface area contributed by atoms with Crippen LogP contribution >= 0.6 is 0 Å². The molecule has 0 radical (unpaired) electrons. The predicted molar refractivity (Wildman–Crippen MR) is 65.9 cm³/mol. The smallest absolute Gasteiger partial charge is 0.251 e. The monoisotopic (exact) mass is 235 g/mol. The minimum atomic E-state index is -0.479. The average Bonchev–Trinajstić information content (AvgIpc) is 2.35. The Labute approximate surface area is 100 Å². The maximum atomic E-state index is 11.9. The van der Waals surface area contributed by atoms with Gasteiger partial charge in [-0.15, -0.1) is 0 Å². The molecule has 0 heterocycles. The molecule has 0 aromatic heterocycles. The molecule has 1 unspecified atom stereocenters. The first-order valence-corrected chi connectivity index (χ1v) is 5.39. The fourth-order valence-electron chi connectivity index (χ4n) is 1.46. The van der Waals surface area contributed by atoms with Gasteiger partial charge in [0.2, 0.25) is 0 Å². The Morgan fingerprint density at radius 3 is 2.41 bits per heavy atom. The van der Waals surface area contributed by atoms with E-state index >= 15 is 0 Å². The van der Waals surface area contributed by atoms with E-state index in [0.29, 0.717) is 5.56 Å². The Balaban J connectivity index is 2.79. The normalized spacial score (nSPS) is 13.5. The Morgan fingerprint density at radius 1 is 1.35 bits per heavy atom. The van der Waals surface area contributed by atoms with Gasteiger partial charge in [-0.05, 0) is 18.1 Å². The van der Waals surface area contributed by atoms with E-state index in [1.807, 2.05) is 19.9 Å². The lowest BCUT2D eigenvalue weighted by molar-refractivity contribution is 0.0939. The molecule has 92 valence electrons. The summed E-state index contributed by atoms with van der Waals surface area (Å²) in [6.45, 7) is 3.77. The van der Waals surface area contributed by atoms with Crippen LogP contribution in [0.25, 0.3) is 0 Å². The van der Waals surface area contributed by atoms with Crippen molar-refractivity contribution < 1.29 is 10.0 Å². The second-order valence-electron chi connectivity index (χ2n) is 4.09. The maximum Gasteiger partial charge on any atom is 0.251 e. The van der Waals surface area contributed by atoms with E-state index in [4.69, 9.17) is 10.9 Å². The summed E-state index contributed by atoms with van der Waals surface area (Å²) in [7, 11) is 0. The van der Waals surface area contributed by atoms with E-state index in [1.54, 1.807) is 24.3 Å². The van der Waals surface area contributed by atoms with Crippen molar-refractivity contribution in [3.8, 4) is 0 Å². The van der Waals surface area contributed by atoms with Crippen LogP contribution in [-0.2, 0) is 0 Å². The number of rotatable bonds is 4. The van der Waals surface area contributed by atoms with Crippen molar-refractivity contribution in [3.05, 3.63) is 35.9 Å². The lowest BCUT2D eigenvalue weighted by Crippen LogP contribution is -2.47.